The molecule has 0 N–H and O–H groups in total. The minimum atomic E-state index is 0.131. The third kappa shape index (κ3) is 3.09. The molecule has 0 saturated heterocycles. The number of rotatable bonds is 3. The molecule has 1 aromatic carbocycles. The summed E-state index contributed by atoms with van der Waals surface area (Å²) in [6.45, 7) is 2.88. The summed E-state index contributed by atoms with van der Waals surface area (Å²) in [5.74, 6) is 0.796. The van der Waals surface area contributed by atoms with Crippen LogP contribution in [0.4, 0.5) is 0 Å². The molecule has 1 aliphatic rings. The summed E-state index contributed by atoms with van der Waals surface area (Å²) in [5.41, 5.74) is 1.93. The monoisotopic (exact) mass is 295 g/mol. The zero-order valence-electron chi connectivity index (χ0n) is 10.3. The third-order valence-electron chi connectivity index (χ3n) is 3.32. The summed E-state index contributed by atoms with van der Waals surface area (Å²) in [6, 6.07) is 7.79. The fraction of sp³-hybridized carbons (Fsp3) is 0.500. The molecule has 1 amide bonds. The van der Waals surface area contributed by atoms with E-state index in [9.17, 15) is 4.79 Å². The van der Waals surface area contributed by atoms with Gasteiger partial charge in [0, 0.05) is 24.0 Å². The Morgan fingerprint density at radius 3 is 2.76 bits per heavy atom. The number of amides is 1. The van der Waals surface area contributed by atoms with Crippen LogP contribution in [-0.2, 0) is 0 Å². The average molecular weight is 296 g/mol. The van der Waals surface area contributed by atoms with Crippen molar-refractivity contribution in [2.24, 2.45) is 5.92 Å². The van der Waals surface area contributed by atoms with E-state index in [1.807, 2.05) is 43.1 Å². The maximum atomic E-state index is 12.2. The van der Waals surface area contributed by atoms with Crippen molar-refractivity contribution >= 4 is 21.8 Å². The number of nitrogens with zero attached hydrogens (tertiary/aromatic N) is 1. The van der Waals surface area contributed by atoms with Crippen LogP contribution in [0.25, 0.3) is 0 Å². The first-order chi connectivity index (χ1) is 8.06. The van der Waals surface area contributed by atoms with Crippen molar-refractivity contribution in [3.8, 4) is 0 Å². The molecule has 0 radical (unpaired) electrons. The Labute approximate surface area is 111 Å². The Hall–Kier alpha value is -0.830. The highest BCUT2D eigenvalue weighted by Crippen LogP contribution is 2.33. The van der Waals surface area contributed by atoms with Gasteiger partial charge in [-0.25, -0.2) is 0 Å². The lowest BCUT2D eigenvalue weighted by Crippen LogP contribution is -2.37. The highest BCUT2D eigenvalue weighted by Gasteiger charge is 2.28. The Kier molecular flexibility index (Phi) is 3.87. The number of carbonyl (C=O) groups excluding carboxylic acids is 1. The number of halogens is 1. The van der Waals surface area contributed by atoms with Gasteiger partial charge in [-0.3, -0.25) is 4.79 Å². The molecular weight excluding hydrogens is 278 g/mol. The predicted molar refractivity (Wildman–Crippen MR) is 73.6 cm³/mol. The number of alkyl halides is 1. The second-order valence-electron chi connectivity index (χ2n) is 4.99. The van der Waals surface area contributed by atoms with Crippen molar-refractivity contribution in [1.82, 2.24) is 4.90 Å². The molecule has 92 valence electrons. The lowest BCUT2D eigenvalue weighted by atomic mass is 9.85. The normalized spacial score (nSPS) is 23.0. The first-order valence-corrected chi connectivity index (χ1v) is 6.94. The molecule has 0 heterocycles. The van der Waals surface area contributed by atoms with Crippen molar-refractivity contribution in [3.63, 3.8) is 0 Å². The van der Waals surface area contributed by atoms with E-state index in [1.54, 1.807) is 0 Å². The number of hydrogen-bond donors (Lipinski definition) is 0. The molecular formula is C14H18BrNO. The van der Waals surface area contributed by atoms with E-state index in [1.165, 1.54) is 12.8 Å². The molecule has 1 aromatic rings. The molecule has 1 saturated carbocycles. The molecule has 0 unspecified atom stereocenters. The van der Waals surface area contributed by atoms with Crippen LogP contribution < -0.4 is 0 Å². The van der Waals surface area contributed by atoms with Gasteiger partial charge >= 0.3 is 0 Å². The van der Waals surface area contributed by atoms with E-state index in [4.69, 9.17) is 0 Å². The van der Waals surface area contributed by atoms with Gasteiger partial charge in [0.25, 0.3) is 5.91 Å². The topological polar surface area (TPSA) is 20.3 Å². The van der Waals surface area contributed by atoms with Gasteiger partial charge in [0.2, 0.25) is 0 Å². The van der Waals surface area contributed by atoms with Crippen LogP contribution in [0.1, 0.15) is 28.8 Å². The number of carbonyl (C=O) groups is 1. The minimum Gasteiger partial charge on any atom is -0.341 e. The molecule has 0 spiro atoms. The number of aryl methyl sites for hydroxylation is 1. The summed E-state index contributed by atoms with van der Waals surface area (Å²) < 4.78 is 0. The number of hydrogen-bond acceptors (Lipinski definition) is 1. The Morgan fingerprint density at radius 1 is 1.47 bits per heavy atom. The zero-order valence-corrected chi connectivity index (χ0v) is 11.9. The second kappa shape index (κ2) is 5.21. The Balaban J connectivity index is 1.95. The van der Waals surface area contributed by atoms with Crippen molar-refractivity contribution in [2.75, 3.05) is 13.6 Å². The summed E-state index contributed by atoms with van der Waals surface area (Å²) >= 11 is 3.58. The maximum absolute atomic E-state index is 12.2. The van der Waals surface area contributed by atoms with Crippen molar-refractivity contribution < 1.29 is 4.79 Å². The van der Waals surface area contributed by atoms with Crippen LogP contribution in [0.5, 0.6) is 0 Å². The van der Waals surface area contributed by atoms with E-state index in [2.05, 4.69) is 15.9 Å². The second-order valence-corrected chi connectivity index (χ2v) is 6.28. The van der Waals surface area contributed by atoms with Crippen LogP contribution >= 0.6 is 15.9 Å². The molecule has 0 atom stereocenters. The van der Waals surface area contributed by atoms with Gasteiger partial charge in [0.15, 0.2) is 0 Å². The van der Waals surface area contributed by atoms with Gasteiger partial charge in [-0.2, -0.15) is 0 Å². The fourth-order valence-corrected chi connectivity index (χ4v) is 3.33. The first kappa shape index (κ1) is 12.6. The molecule has 3 heteroatoms. The van der Waals surface area contributed by atoms with E-state index in [-0.39, 0.29) is 5.91 Å². The molecule has 2 nitrogen and oxygen atoms in total. The largest absolute Gasteiger partial charge is 0.341 e. The molecule has 1 aliphatic carbocycles. The first-order valence-electron chi connectivity index (χ1n) is 6.02. The van der Waals surface area contributed by atoms with Gasteiger partial charge in [-0.1, -0.05) is 33.6 Å². The van der Waals surface area contributed by atoms with Crippen LogP contribution in [0, 0.1) is 12.8 Å². The Morgan fingerprint density at radius 2 is 2.18 bits per heavy atom. The van der Waals surface area contributed by atoms with Gasteiger partial charge in [-0.05, 0) is 37.8 Å². The highest BCUT2D eigenvalue weighted by molar-refractivity contribution is 9.09. The smallest absolute Gasteiger partial charge is 0.253 e. The van der Waals surface area contributed by atoms with E-state index in [0.29, 0.717) is 10.7 Å². The minimum absolute atomic E-state index is 0.131. The standard InChI is InChI=1S/C14H18BrNO/c1-10-4-3-5-12(6-10)14(17)16(2)9-11-7-13(15)8-11/h3-6,11,13H,7-9H2,1-2H3. The van der Waals surface area contributed by atoms with Crippen LogP contribution in [-0.4, -0.2) is 29.2 Å². The van der Waals surface area contributed by atoms with Gasteiger partial charge in [0.05, 0.1) is 0 Å². The quantitative estimate of drug-likeness (QED) is 0.784. The average Bonchev–Trinajstić information content (AvgIpc) is 2.26. The van der Waals surface area contributed by atoms with E-state index >= 15 is 0 Å². The predicted octanol–water partition coefficient (Wildman–Crippen LogP) is 3.24. The third-order valence-corrected chi connectivity index (χ3v) is 4.07. The maximum Gasteiger partial charge on any atom is 0.253 e. The molecule has 0 bridgehead atoms. The molecule has 0 aromatic heterocycles. The van der Waals surface area contributed by atoms with Gasteiger partial charge < -0.3 is 4.90 Å². The van der Waals surface area contributed by atoms with Gasteiger partial charge in [0.1, 0.15) is 0 Å². The summed E-state index contributed by atoms with van der Waals surface area (Å²) in [6.07, 6.45) is 2.37. The molecule has 0 aliphatic heterocycles. The number of benzene rings is 1. The van der Waals surface area contributed by atoms with Crippen molar-refractivity contribution in [1.29, 1.82) is 0 Å². The lowest BCUT2D eigenvalue weighted by Gasteiger charge is -2.34. The van der Waals surface area contributed by atoms with E-state index < -0.39 is 0 Å². The molecule has 17 heavy (non-hydrogen) atoms. The van der Waals surface area contributed by atoms with Crippen molar-refractivity contribution in [3.05, 3.63) is 35.4 Å². The fourth-order valence-electron chi connectivity index (χ4n) is 2.27. The van der Waals surface area contributed by atoms with Gasteiger partial charge in [-0.15, -0.1) is 0 Å². The lowest BCUT2D eigenvalue weighted by molar-refractivity contribution is 0.0748. The van der Waals surface area contributed by atoms with E-state index in [0.717, 1.165) is 17.7 Å². The zero-order chi connectivity index (χ0) is 12.4. The van der Waals surface area contributed by atoms with Crippen LogP contribution in [0.15, 0.2) is 24.3 Å². The summed E-state index contributed by atoms with van der Waals surface area (Å²) in [4.78, 5) is 14.7. The SMILES string of the molecule is Cc1cccc(C(=O)N(C)CC2CC(Br)C2)c1. The van der Waals surface area contributed by atoms with Crippen LogP contribution in [0.3, 0.4) is 0 Å². The molecule has 2 rings (SSSR count). The van der Waals surface area contributed by atoms with Crippen molar-refractivity contribution in [2.45, 2.75) is 24.6 Å². The summed E-state index contributed by atoms with van der Waals surface area (Å²) in [5, 5.41) is 0. The summed E-state index contributed by atoms with van der Waals surface area (Å²) in [7, 11) is 1.90. The highest BCUT2D eigenvalue weighted by atomic mass is 79.9. The molecule has 1 fully saturated rings. The van der Waals surface area contributed by atoms with Crippen LogP contribution in [0.2, 0.25) is 0 Å². The Bertz CT molecular complexity index is 412.